The fourth-order valence-electron chi connectivity index (χ4n) is 2.07. The monoisotopic (exact) mass is 191 g/mol. The molecule has 0 fully saturated rings. The van der Waals surface area contributed by atoms with Gasteiger partial charge < -0.3 is 10.8 Å². The van der Waals surface area contributed by atoms with Gasteiger partial charge in [0.2, 0.25) is 5.91 Å². The van der Waals surface area contributed by atoms with Gasteiger partial charge in [0, 0.05) is 5.56 Å². The van der Waals surface area contributed by atoms with Crippen LogP contribution in [0, 0.1) is 0 Å². The Morgan fingerprint density at radius 1 is 1.50 bits per heavy atom. The van der Waals surface area contributed by atoms with Crippen molar-refractivity contribution in [2.24, 2.45) is 5.73 Å². The molecule has 1 aromatic carbocycles. The van der Waals surface area contributed by atoms with Crippen molar-refractivity contribution >= 4 is 5.91 Å². The largest absolute Gasteiger partial charge is 0.388 e. The van der Waals surface area contributed by atoms with E-state index in [-0.39, 0.29) is 0 Å². The van der Waals surface area contributed by atoms with Gasteiger partial charge >= 0.3 is 0 Å². The number of fused-ring (bicyclic) bond motifs is 1. The van der Waals surface area contributed by atoms with Gasteiger partial charge in [-0.05, 0) is 36.5 Å². The van der Waals surface area contributed by atoms with Gasteiger partial charge in [-0.2, -0.15) is 0 Å². The minimum Gasteiger partial charge on any atom is -0.388 e. The predicted molar refractivity (Wildman–Crippen MR) is 52.9 cm³/mol. The van der Waals surface area contributed by atoms with Crippen LogP contribution in [0.5, 0.6) is 0 Å². The highest BCUT2D eigenvalue weighted by molar-refractivity contribution is 5.94. The molecule has 0 saturated carbocycles. The molecule has 0 aliphatic heterocycles. The molecule has 0 bridgehead atoms. The van der Waals surface area contributed by atoms with Gasteiger partial charge in [-0.1, -0.05) is 12.1 Å². The van der Waals surface area contributed by atoms with Crippen LogP contribution in [0.15, 0.2) is 18.2 Å². The van der Waals surface area contributed by atoms with Crippen LogP contribution in [0.2, 0.25) is 0 Å². The number of primary amides is 1. The number of nitrogens with two attached hydrogens (primary N) is 1. The van der Waals surface area contributed by atoms with Crippen LogP contribution >= 0.6 is 0 Å². The fourth-order valence-corrected chi connectivity index (χ4v) is 2.07. The zero-order chi connectivity index (χ0) is 10.1. The van der Waals surface area contributed by atoms with E-state index in [0.29, 0.717) is 5.56 Å². The minimum atomic E-state index is -0.526. The molecule has 3 heteroatoms. The summed E-state index contributed by atoms with van der Waals surface area (Å²) in [4.78, 5) is 11.1. The highest BCUT2D eigenvalue weighted by Crippen LogP contribution is 2.31. The Hall–Kier alpha value is -1.35. The third kappa shape index (κ3) is 1.40. The van der Waals surface area contributed by atoms with Crippen LogP contribution < -0.4 is 5.73 Å². The lowest BCUT2D eigenvalue weighted by atomic mass is 9.86. The number of rotatable bonds is 1. The van der Waals surface area contributed by atoms with Crippen molar-refractivity contribution < 1.29 is 9.90 Å². The molecule has 1 aromatic rings. The van der Waals surface area contributed by atoms with Gasteiger partial charge in [-0.3, -0.25) is 4.79 Å². The number of aliphatic hydroxyl groups excluding tert-OH is 1. The third-order valence-corrected chi connectivity index (χ3v) is 2.72. The first-order chi connectivity index (χ1) is 6.70. The summed E-state index contributed by atoms with van der Waals surface area (Å²) >= 11 is 0. The lowest BCUT2D eigenvalue weighted by Gasteiger charge is -2.23. The first-order valence-electron chi connectivity index (χ1n) is 4.80. The Bertz CT molecular complexity index is 374. The molecule has 2 rings (SSSR count). The Labute approximate surface area is 82.5 Å². The van der Waals surface area contributed by atoms with Crippen LogP contribution in [0.1, 0.15) is 40.4 Å². The van der Waals surface area contributed by atoms with E-state index in [1.165, 1.54) is 0 Å². The summed E-state index contributed by atoms with van der Waals surface area (Å²) in [6.45, 7) is 0. The van der Waals surface area contributed by atoms with Gasteiger partial charge in [0.15, 0.2) is 0 Å². The molecule has 0 aromatic heterocycles. The molecule has 0 saturated heterocycles. The zero-order valence-corrected chi connectivity index (χ0v) is 7.86. The molecule has 3 N–H and O–H groups in total. The van der Waals surface area contributed by atoms with Gasteiger partial charge in [0.05, 0.1) is 6.10 Å². The lowest BCUT2D eigenvalue weighted by molar-refractivity contribution is 0.0988. The van der Waals surface area contributed by atoms with Crippen LogP contribution in [-0.2, 0) is 6.42 Å². The molecular formula is C11H13NO2. The van der Waals surface area contributed by atoms with Crippen molar-refractivity contribution in [3.8, 4) is 0 Å². The standard InChI is InChI=1S/C11H13NO2/c12-11(14)8-5-1-3-7-4-2-6-9(13)10(7)8/h1,3,5,9,13H,2,4,6H2,(H2,12,14). The molecule has 0 heterocycles. The number of hydrogen-bond donors (Lipinski definition) is 2. The molecule has 1 atom stereocenters. The Morgan fingerprint density at radius 2 is 2.29 bits per heavy atom. The van der Waals surface area contributed by atoms with Crippen LogP contribution in [0.4, 0.5) is 0 Å². The summed E-state index contributed by atoms with van der Waals surface area (Å²) in [7, 11) is 0. The number of aryl methyl sites for hydroxylation is 1. The smallest absolute Gasteiger partial charge is 0.249 e. The van der Waals surface area contributed by atoms with Gasteiger partial charge in [-0.15, -0.1) is 0 Å². The van der Waals surface area contributed by atoms with Gasteiger partial charge in [0.25, 0.3) is 0 Å². The van der Waals surface area contributed by atoms with Crippen molar-refractivity contribution in [2.45, 2.75) is 25.4 Å². The highest BCUT2D eigenvalue weighted by atomic mass is 16.3. The highest BCUT2D eigenvalue weighted by Gasteiger charge is 2.22. The summed E-state index contributed by atoms with van der Waals surface area (Å²) < 4.78 is 0. The van der Waals surface area contributed by atoms with Crippen molar-refractivity contribution in [3.63, 3.8) is 0 Å². The van der Waals surface area contributed by atoms with E-state index < -0.39 is 12.0 Å². The first kappa shape index (κ1) is 9.21. The molecule has 1 aliphatic carbocycles. The van der Waals surface area contributed by atoms with Crippen LogP contribution in [0.3, 0.4) is 0 Å². The zero-order valence-electron chi connectivity index (χ0n) is 7.86. The second kappa shape index (κ2) is 3.42. The molecular weight excluding hydrogens is 178 g/mol. The molecule has 14 heavy (non-hydrogen) atoms. The normalized spacial score (nSPS) is 20.2. The van der Waals surface area contributed by atoms with Crippen molar-refractivity contribution in [2.75, 3.05) is 0 Å². The number of aliphatic hydroxyl groups is 1. The van der Waals surface area contributed by atoms with Gasteiger partial charge in [-0.25, -0.2) is 0 Å². The molecule has 1 aliphatic rings. The van der Waals surface area contributed by atoms with E-state index in [2.05, 4.69) is 0 Å². The average molecular weight is 191 g/mol. The van der Waals surface area contributed by atoms with Crippen LogP contribution in [-0.4, -0.2) is 11.0 Å². The average Bonchev–Trinajstić information content (AvgIpc) is 2.17. The first-order valence-corrected chi connectivity index (χ1v) is 4.80. The number of benzene rings is 1. The van der Waals surface area contributed by atoms with Crippen molar-refractivity contribution in [1.82, 2.24) is 0 Å². The van der Waals surface area contributed by atoms with E-state index in [9.17, 15) is 9.90 Å². The van der Waals surface area contributed by atoms with E-state index in [4.69, 9.17) is 5.73 Å². The summed E-state index contributed by atoms with van der Waals surface area (Å²) in [6, 6.07) is 5.44. The second-order valence-corrected chi connectivity index (χ2v) is 3.65. The SMILES string of the molecule is NC(=O)c1cccc2c1C(O)CCC2. The van der Waals surface area contributed by atoms with E-state index in [0.717, 1.165) is 30.4 Å². The molecule has 3 nitrogen and oxygen atoms in total. The van der Waals surface area contributed by atoms with Crippen molar-refractivity contribution in [1.29, 1.82) is 0 Å². The van der Waals surface area contributed by atoms with Gasteiger partial charge in [0.1, 0.15) is 0 Å². The molecule has 1 unspecified atom stereocenters. The maximum Gasteiger partial charge on any atom is 0.249 e. The summed E-state index contributed by atoms with van der Waals surface area (Å²) in [5.41, 5.74) is 7.51. The predicted octanol–water partition coefficient (Wildman–Crippen LogP) is 1.16. The summed E-state index contributed by atoms with van der Waals surface area (Å²) in [6.07, 6.45) is 2.09. The molecule has 1 amide bonds. The molecule has 0 radical (unpaired) electrons. The Kier molecular flexibility index (Phi) is 2.25. The third-order valence-electron chi connectivity index (χ3n) is 2.72. The number of amides is 1. The maximum atomic E-state index is 11.1. The molecule has 0 spiro atoms. The molecule has 74 valence electrons. The summed E-state index contributed by atoms with van der Waals surface area (Å²) in [5.74, 6) is -0.456. The van der Waals surface area contributed by atoms with E-state index >= 15 is 0 Å². The number of hydrogen-bond acceptors (Lipinski definition) is 2. The fraction of sp³-hybridized carbons (Fsp3) is 0.364. The number of carbonyl (C=O) groups is 1. The van der Waals surface area contributed by atoms with E-state index in [1.807, 2.05) is 12.1 Å². The van der Waals surface area contributed by atoms with Crippen molar-refractivity contribution in [3.05, 3.63) is 34.9 Å². The quantitative estimate of drug-likeness (QED) is 0.699. The summed E-state index contributed by atoms with van der Waals surface area (Å²) in [5, 5.41) is 9.78. The van der Waals surface area contributed by atoms with Crippen LogP contribution in [0.25, 0.3) is 0 Å². The lowest BCUT2D eigenvalue weighted by Crippen LogP contribution is -2.19. The Morgan fingerprint density at radius 3 is 3.00 bits per heavy atom. The second-order valence-electron chi connectivity index (χ2n) is 3.65. The maximum absolute atomic E-state index is 11.1. The topological polar surface area (TPSA) is 63.3 Å². The minimum absolute atomic E-state index is 0.456. The van der Waals surface area contributed by atoms with E-state index in [1.54, 1.807) is 6.07 Å². The number of carbonyl (C=O) groups excluding carboxylic acids is 1. The Balaban J connectivity index is 2.57.